The lowest BCUT2D eigenvalue weighted by Crippen LogP contribution is -1.99. The van der Waals surface area contributed by atoms with E-state index in [-0.39, 0.29) is 12.2 Å². The molecular weight excluding hydrogens is 182 g/mol. The summed E-state index contributed by atoms with van der Waals surface area (Å²) >= 11 is 0. The number of hydrogen-bond acceptors (Lipinski definition) is 2. The van der Waals surface area contributed by atoms with E-state index < -0.39 is 5.97 Å². The van der Waals surface area contributed by atoms with Crippen molar-refractivity contribution in [2.75, 3.05) is 0 Å². The molecule has 14 heavy (non-hydrogen) atoms. The van der Waals surface area contributed by atoms with Gasteiger partial charge < -0.3 is 10.1 Å². The molecule has 1 heterocycles. The maximum absolute atomic E-state index is 11.4. The van der Waals surface area contributed by atoms with Crippen molar-refractivity contribution in [3.63, 3.8) is 0 Å². The summed E-state index contributed by atoms with van der Waals surface area (Å²) in [6, 6.07) is 1.72. The van der Waals surface area contributed by atoms with Crippen LogP contribution in [0.2, 0.25) is 0 Å². The smallest absolute Gasteiger partial charge is 0.303 e. The van der Waals surface area contributed by atoms with E-state index in [0.717, 1.165) is 0 Å². The molecule has 1 aromatic heterocycles. The lowest BCUT2D eigenvalue weighted by atomic mass is 10.1. The molecule has 0 fully saturated rings. The van der Waals surface area contributed by atoms with Crippen molar-refractivity contribution in [2.45, 2.75) is 25.7 Å². The van der Waals surface area contributed by atoms with Crippen molar-refractivity contribution >= 4 is 11.8 Å². The molecule has 0 spiro atoms. The van der Waals surface area contributed by atoms with E-state index >= 15 is 0 Å². The Bertz CT molecular complexity index is 303. The Hall–Kier alpha value is -1.58. The van der Waals surface area contributed by atoms with Crippen LogP contribution in [0.5, 0.6) is 0 Å². The summed E-state index contributed by atoms with van der Waals surface area (Å²) in [5.74, 6) is -0.740. The van der Waals surface area contributed by atoms with Gasteiger partial charge in [-0.1, -0.05) is 0 Å². The van der Waals surface area contributed by atoms with Crippen LogP contribution >= 0.6 is 0 Å². The number of aromatic amines is 1. The van der Waals surface area contributed by atoms with E-state index in [1.165, 1.54) is 0 Å². The van der Waals surface area contributed by atoms with Gasteiger partial charge in [-0.25, -0.2) is 0 Å². The number of carboxylic acids is 1. The maximum atomic E-state index is 11.4. The van der Waals surface area contributed by atoms with E-state index in [2.05, 4.69) is 4.98 Å². The minimum absolute atomic E-state index is 0.0663. The molecule has 4 nitrogen and oxygen atoms in total. The summed E-state index contributed by atoms with van der Waals surface area (Å²) in [6.45, 7) is 0. The van der Waals surface area contributed by atoms with Gasteiger partial charge >= 0.3 is 5.97 Å². The molecule has 0 radical (unpaired) electrons. The first-order chi connectivity index (χ1) is 6.70. The Kier molecular flexibility index (Phi) is 3.91. The second-order valence-corrected chi connectivity index (χ2v) is 3.12. The first-order valence-corrected chi connectivity index (χ1v) is 4.58. The molecule has 2 N–H and O–H groups in total. The quantitative estimate of drug-likeness (QED) is 0.537. The lowest BCUT2D eigenvalue weighted by molar-refractivity contribution is -0.137. The van der Waals surface area contributed by atoms with Crippen molar-refractivity contribution in [2.24, 2.45) is 0 Å². The Morgan fingerprint density at radius 2 is 2.00 bits per heavy atom. The van der Waals surface area contributed by atoms with Gasteiger partial charge in [0.2, 0.25) is 0 Å². The Labute approximate surface area is 81.9 Å². The highest BCUT2D eigenvalue weighted by atomic mass is 16.4. The largest absolute Gasteiger partial charge is 0.481 e. The lowest BCUT2D eigenvalue weighted by Gasteiger charge is -1.96. The second kappa shape index (κ2) is 5.21. The molecule has 0 aromatic carbocycles. The van der Waals surface area contributed by atoms with E-state index in [9.17, 15) is 9.59 Å². The number of unbranched alkanes of at least 4 members (excludes halogenated alkanes) is 1. The van der Waals surface area contributed by atoms with Crippen LogP contribution in [0.3, 0.4) is 0 Å². The molecule has 1 aromatic rings. The van der Waals surface area contributed by atoms with E-state index in [1.54, 1.807) is 18.5 Å². The van der Waals surface area contributed by atoms with Crippen LogP contribution in [0.4, 0.5) is 0 Å². The average Bonchev–Trinajstić information content (AvgIpc) is 2.64. The summed E-state index contributed by atoms with van der Waals surface area (Å²) in [7, 11) is 0. The van der Waals surface area contributed by atoms with Gasteiger partial charge in [0.1, 0.15) is 0 Å². The molecule has 1 rings (SSSR count). The molecule has 0 bridgehead atoms. The molecule has 76 valence electrons. The van der Waals surface area contributed by atoms with Crippen molar-refractivity contribution in [3.05, 3.63) is 24.0 Å². The number of carbonyl (C=O) groups excluding carboxylic acids is 1. The number of Topliss-reactive ketones (excluding diaryl/α,β-unsaturated/α-hetero) is 1. The molecule has 4 heteroatoms. The summed E-state index contributed by atoms with van der Waals surface area (Å²) in [4.78, 5) is 24.4. The molecule has 0 amide bonds. The van der Waals surface area contributed by atoms with Crippen molar-refractivity contribution in [1.82, 2.24) is 4.98 Å². The average molecular weight is 195 g/mol. The van der Waals surface area contributed by atoms with Gasteiger partial charge in [0.05, 0.1) is 0 Å². The topological polar surface area (TPSA) is 70.2 Å². The normalized spacial score (nSPS) is 10.0. The third-order valence-corrected chi connectivity index (χ3v) is 1.96. The van der Waals surface area contributed by atoms with E-state index in [1.807, 2.05) is 0 Å². The number of carbonyl (C=O) groups is 2. The Balaban J connectivity index is 2.19. The van der Waals surface area contributed by atoms with Crippen LogP contribution in [0.25, 0.3) is 0 Å². The minimum Gasteiger partial charge on any atom is -0.481 e. The molecule has 0 aliphatic carbocycles. The molecule has 0 unspecified atom stereocenters. The summed E-state index contributed by atoms with van der Waals surface area (Å²) in [5.41, 5.74) is 0.667. The standard InChI is InChI=1S/C10H13NO3/c12-9(8-5-6-11-7-8)3-1-2-4-10(13)14/h5-7,11H,1-4H2,(H,13,14). The Morgan fingerprint density at radius 1 is 1.29 bits per heavy atom. The van der Waals surface area contributed by atoms with E-state index in [0.29, 0.717) is 24.8 Å². The number of H-pyrrole nitrogens is 1. The molecule has 0 aliphatic rings. The fraction of sp³-hybridized carbons (Fsp3) is 0.400. The van der Waals surface area contributed by atoms with Crippen molar-refractivity contribution in [3.8, 4) is 0 Å². The molecule has 0 aliphatic heterocycles. The van der Waals surface area contributed by atoms with Gasteiger partial charge in [-0.2, -0.15) is 0 Å². The number of rotatable bonds is 6. The summed E-state index contributed by atoms with van der Waals surface area (Å²) < 4.78 is 0. The number of nitrogens with one attached hydrogen (secondary N) is 1. The van der Waals surface area contributed by atoms with Gasteiger partial charge in [0.15, 0.2) is 5.78 Å². The fourth-order valence-corrected chi connectivity index (χ4v) is 1.20. The molecular formula is C10H13NO3. The number of aliphatic carboxylic acids is 1. The number of carboxylic acid groups (broad SMARTS) is 1. The van der Waals surface area contributed by atoms with Crippen LogP contribution in [0, 0.1) is 0 Å². The van der Waals surface area contributed by atoms with Gasteiger partial charge in [0, 0.05) is 30.8 Å². The zero-order valence-corrected chi connectivity index (χ0v) is 7.82. The van der Waals surface area contributed by atoms with Gasteiger partial charge in [-0.15, -0.1) is 0 Å². The predicted molar refractivity (Wildman–Crippen MR) is 51.2 cm³/mol. The van der Waals surface area contributed by atoms with Gasteiger partial charge in [0.25, 0.3) is 0 Å². The summed E-state index contributed by atoms with van der Waals surface area (Å²) in [5, 5.41) is 8.37. The third-order valence-electron chi connectivity index (χ3n) is 1.96. The molecule has 0 atom stereocenters. The minimum atomic E-state index is -0.806. The molecule has 0 saturated heterocycles. The monoisotopic (exact) mass is 195 g/mol. The van der Waals surface area contributed by atoms with E-state index in [4.69, 9.17) is 5.11 Å². The third kappa shape index (κ3) is 3.43. The zero-order chi connectivity index (χ0) is 10.4. The number of hydrogen-bond donors (Lipinski definition) is 2. The van der Waals surface area contributed by atoms with Crippen LogP contribution in [-0.4, -0.2) is 21.8 Å². The predicted octanol–water partition coefficient (Wildman–Crippen LogP) is 1.84. The first-order valence-electron chi connectivity index (χ1n) is 4.58. The highest BCUT2D eigenvalue weighted by Gasteiger charge is 2.05. The second-order valence-electron chi connectivity index (χ2n) is 3.12. The van der Waals surface area contributed by atoms with Crippen LogP contribution in [-0.2, 0) is 4.79 Å². The SMILES string of the molecule is O=C(O)CCCCC(=O)c1cc[nH]c1. The highest BCUT2D eigenvalue weighted by Crippen LogP contribution is 2.07. The van der Waals surface area contributed by atoms with Crippen LogP contribution in [0.1, 0.15) is 36.0 Å². The zero-order valence-electron chi connectivity index (χ0n) is 7.82. The first kappa shape index (κ1) is 10.5. The maximum Gasteiger partial charge on any atom is 0.303 e. The summed E-state index contributed by atoms with van der Waals surface area (Å²) in [6.07, 6.45) is 5.11. The van der Waals surface area contributed by atoms with Crippen LogP contribution in [0.15, 0.2) is 18.5 Å². The van der Waals surface area contributed by atoms with Gasteiger partial charge in [-0.05, 0) is 18.9 Å². The van der Waals surface area contributed by atoms with Crippen molar-refractivity contribution < 1.29 is 14.7 Å². The van der Waals surface area contributed by atoms with Crippen LogP contribution < -0.4 is 0 Å². The molecule has 0 saturated carbocycles. The highest BCUT2D eigenvalue weighted by molar-refractivity contribution is 5.95. The van der Waals surface area contributed by atoms with Gasteiger partial charge in [-0.3, -0.25) is 9.59 Å². The Morgan fingerprint density at radius 3 is 2.57 bits per heavy atom. The number of aromatic nitrogens is 1. The number of ketones is 1. The fourth-order valence-electron chi connectivity index (χ4n) is 1.20. The van der Waals surface area contributed by atoms with Crippen molar-refractivity contribution in [1.29, 1.82) is 0 Å².